The minimum absolute atomic E-state index is 0.427. The lowest BCUT2D eigenvalue weighted by Gasteiger charge is -2.14. The van der Waals surface area contributed by atoms with Gasteiger partial charge in [0.2, 0.25) is 0 Å². The predicted molar refractivity (Wildman–Crippen MR) is 54.7 cm³/mol. The van der Waals surface area contributed by atoms with E-state index >= 15 is 0 Å². The molecule has 0 bridgehead atoms. The summed E-state index contributed by atoms with van der Waals surface area (Å²) in [7, 11) is 0. The van der Waals surface area contributed by atoms with Crippen molar-refractivity contribution in [3.63, 3.8) is 0 Å². The summed E-state index contributed by atoms with van der Waals surface area (Å²) < 4.78 is 37.3. The molecular formula is C11H11F3N2. The van der Waals surface area contributed by atoms with Crippen molar-refractivity contribution in [1.82, 2.24) is 10.3 Å². The Hall–Kier alpha value is -1.36. The highest BCUT2D eigenvalue weighted by molar-refractivity contribution is 5.63. The van der Waals surface area contributed by atoms with Gasteiger partial charge in [-0.15, -0.1) is 0 Å². The summed E-state index contributed by atoms with van der Waals surface area (Å²) in [6, 6.07) is 4.01. The molecule has 1 aromatic heterocycles. The number of nitrogens with zero attached hydrogens (tertiary/aromatic N) is 1. The van der Waals surface area contributed by atoms with E-state index in [4.69, 9.17) is 0 Å². The third-order valence-corrected chi connectivity index (χ3v) is 2.43. The van der Waals surface area contributed by atoms with Crippen LogP contribution < -0.4 is 5.32 Å². The van der Waals surface area contributed by atoms with Crippen molar-refractivity contribution in [2.75, 3.05) is 13.1 Å². The van der Waals surface area contributed by atoms with Crippen molar-refractivity contribution in [1.29, 1.82) is 0 Å². The van der Waals surface area contributed by atoms with E-state index in [0.717, 1.165) is 18.2 Å². The van der Waals surface area contributed by atoms with Gasteiger partial charge >= 0.3 is 6.18 Å². The summed E-state index contributed by atoms with van der Waals surface area (Å²) in [6.45, 7) is 1.47. The van der Waals surface area contributed by atoms with Gasteiger partial charge in [-0.05, 0) is 30.7 Å². The average molecular weight is 228 g/mol. The van der Waals surface area contributed by atoms with E-state index in [0.29, 0.717) is 18.7 Å². The molecule has 0 aromatic carbocycles. The number of hydrogen-bond acceptors (Lipinski definition) is 2. The maximum absolute atomic E-state index is 12.4. The Morgan fingerprint density at radius 2 is 2.06 bits per heavy atom. The van der Waals surface area contributed by atoms with Gasteiger partial charge in [-0.2, -0.15) is 13.2 Å². The fourth-order valence-electron chi connectivity index (χ4n) is 1.63. The molecule has 0 aliphatic carbocycles. The average Bonchev–Trinajstić information content (AvgIpc) is 2.29. The van der Waals surface area contributed by atoms with Crippen LogP contribution in [0, 0.1) is 0 Å². The maximum Gasteiger partial charge on any atom is 0.433 e. The Morgan fingerprint density at radius 3 is 2.69 bits per heavy atom. The Bertz CT molecular complexity index is 410. The van der Waals surface area contributed by atoms with Crippen molar-refractivity contribution in [3.05, 3.63) is 35.7 Å². The van der Waals surface area contributed by atoms with Gasteiger partial charge in [-0.3, -0.25) is 0 Å². The van der Waals surface area contributed by atoms with Crippen molar-refractivity contribution < 1.29 is 13.2 Å². The van der Waals surface area contributed by atoms with Crippen LogP contribution in [0.5, 0.6) is 0 Å². The van der Waals surface area contributed by atoms with E-state index in [1.807, 2.05) is 6.08 Å². The van der Waals surface area contributed by atoms with E-state index in [1.165, 1.54) is 6.07 Å². The van der Waals surface area contributed by atoms with Crippen molar-refractivity contribution in [3.8, 4) is 0 Å². The molecule has 1 aromatic rings. The molecule has 2 heterocycles. The van der Waals surface area contributed by atoms with Crippen molar-refractivity contribution in [2.24, 2.45) is 0 Å². The normalized spacial score (nSPS) is 17.1. The van der Waals surface area contributed by atoms with Crippen LogP contribution >= 0.6 is 0 Å². The quantitative estimate of drug-likeness (QED) is 0.798. The molecule has 0 saturated heterocycles. The lowest BCUT2D eigenvalue weighted by Crippen LogP contribution is -2.20. The minimum atomic E-state index is -4.37. The van der Waals surface area contributed by atoms with Gasteiger partial charge in [0, 0.05) is 6.54 Å². The van der Waals surface area contributed by atoms with Gasteiger partial charge < -0.3 is 5.32 Å². The van der Waals surface area contributed by atoms with Gasteiger partial charge in [0.25, 0.3) is 0 Å². The molecule has 0 unspecified atom stereocenters. The molecule has 1 N–H and O–H groups in total. The monoisotopic (exact) mass is 228 g/mol. The number of aromatic nitrogens is 1. The highest BCUT2D eigenvalue weighted by atomic mass is 19.4. The van der Waals surface area contributed by atoms with Crippen molar-refractivity contribution in [2.45, 2.75) is 12.6 Å². The Balaban J connectivity index is 2.32. The van der Waals surface area contributed by atoms with E-state index in [9.17, 15) is 13.2 Å². The first-order valence-corrected chi connectivity index (χ1v) is 5.02. The molecule has 86 valence electrons. The second-order valence-electron chi connectivity index (χ2n) is 3.59. The smallest absolute Gasteiger partial charge is 0.313 e. The summed E-state index contributed by atoms with van der Waals surface area (Å²) >= 11 is 0. The number of alkyl halides is 3. The van der Waals surface area contributed by atoms with Crippen LogP contribution in [0.1, 0.15) is 17.8 Å². The van der Waals surface area contributed by atoms with Crippen LogP contribution in [-0.4, -0.2) is 18.1 Å². The van der Waals surface area contributed by atoms with Gasteiger partial charge in [0.05, 0.1) is 5.69 Å². The highest BCUT2D eigenvalue weighted by Gasteiger charge is 2.32. The zero-order valence-electron chi connectivity index (χ0n) is 8.51. The number of rotatable bonds is 1. The zero-order chi connectivity index (χ0) is 11.6. The number of pyridine rings is 1. The summed E-state index contributed by atoms with van der Waals surface area (Å²) in [4.78, 5) is 3.65. The molecule has 0 radical (unpaired) electrons. The first-order valence-electron chi connectivity index (χ1n) is 5.02. The topological polar surface area (TPSA) is 24.9 Å². The van der Waals surface area contributed by atoms with Crippen LogP contribution in [0.2, 0.25) is 0 Å². The third-order valence-electron chi connectivity index (χ3n) is 2.43. The molecule has 5 heteroatoms. The fraction of sp³-hybridized carbons (Fsp3) is 0.364. The SMILES string of the molecule is FC(F)(F)c1cccc(C2=CCNCC2)n1. The standard InChI is InChI=1S/C11H11F3N2/c12-11(13,14)10-3-1-2-9(16-10)8-4-6-15-7-5-8/h1-4,15H,5-7H2. The second-order valence-corrected chi connectivity index (χ2v) is 3.59. The summed E-state index contributed by atoms with van der Waals surface area (Å²) in [5.41, 5.74) is 0.477. The predicted octanol–water partition coefficient (Wildman–Crippen LogP) is 2.48. The number of nitrogens with one attached hydrogen (secondary N) is 1. The van der Waals surface area contributed by atoms with E-state index in [-0.39, 0.29) is 0 Å². The molecule has 0 atom stereocenters. The molecule has 2 nitrogen and oxygen atoms in total. The van der Waals surface area contributed by atoms with E-state index in [1.54, 1.807) is 6.07 Å². The molecule has 0 fully saturated rings. The Morgan fingerprint density at radius 1 is 1.25 bits per heavy atom. The maximum atomic E-state index is 12.4. The molecule has 16 heavy (non-hydrogen) atoms. The highest BCUT2D eigenvalue weighted by Crippen LogP contribution is 2.29. The number of hydrogen-bond donors (Lipinski definition) is 1. The van der Waals surface area contributed by atoms with Gasteiger partial charge in [0.15, 0.2) is 0 Å². The molecule has 1 aliphatic heterocycles. The second kappa shape index (κ2) is 4.25. The summed E-state index contributed by atoms with van der Waals surface area (Å²) in [5, 5.41) is 3.10. The third kappa shape index (κ3) is 2.41. The molecule has 2 rings (SSSR count). The zero-order valence-corrected chi connectivity index (χ0v) is 8.51. The Kier molecular flexibility index (Phi) is 2.96. The van der Waals surface area contributed by atoms with E-state index < -0.39 is 11.9 Å². The first-order chi connectivity index (χ1) is 7.57. The molecular weight excluding hydrogens is 217 g/mol. The van der Waals surface area contributed by atoms with Gasteiger partial charge in [-0.25, -0.2) is 4.98 Å². The van der Waals surface area contributed by atoms with Crippen LogP contribution in [-0.2, 0) is 6.18 Å². The minimum Gasteiger partial charge on any atom is -0.313 e. The largest absolute Gasteiger partial charge is 0.433 e. The number of halogens is 3. The molecule has 1 aliphatic rings. The molecule has 0 spiro atoms. The molecule has 0 amide bonds. The van der Waals surface area contributed by atoms with Crippen LogP contribution in [0.4, 0.5) is 13.2 Å². The van der Waals surface area contributed by atoms with Gasteiger partial charge in [-0.1, -0.05) is 12.1 Å². The lowest BCUT2D eigenvalue weighted by atomic mass is 10.1. The van der Waals surface area contributed by atoms with Crippen LogP contribution in [0.3, 0.4) is 0 Å². The summed E-state index contributed by atoms with van der Waals surface area (Å²) in [6.07, 6.45) is -1.77. The van der Waals surface area contributed by atoms with Crippen LogP contribution in [0.25, 0.3) is 5.57 Å². The fourth-order valence-corrected chi connectivity index (χ4v) is 1.63. The Labute approximate surface area is 91.2 Å². The van der Waals surface area contributed by atoms with Crippen LogP contribution in [0.15, 0.2) is 24.3 Å². The van der Waals surface area contributed by atoms with E-state index in [2.05, 4.69) is 10.3 Å². The lowest BCUT2D eigenvalue weighted by molar-refractivity contribution is -0.141. The van der Waals surface area contributed by atoms with Gasteiger partial charge in [0.1, 0.15) is 5.69 Å². The van der Waals surface area contributed by atoms with Crippen molar-refractivity contribution >= 4 is 5.57 Å². The first kappa shape index (κ1) is 11.1. The molecule has 0 saturated carbocycles. The summed E-state index contributed by atoms with van der Waals surface area (Å²) in [5.74, 6) is 0.